The third kappa shape index (κ3) is 2.68. The summed E-state index contributed by atoms with van der Waals surface area (Å²) < 4.78 is 5.89. The first kappa shape index (κ1) is 13.4. The second-order valence-electron chi connectivity index (χ2n) is 5.02. The zero-order chi connectivity index (χ0) is 14.8. The second-order valence-corrected chi connectivity index (χ2v) is 5.02. The van der Waals surface area contributed by atoms with Crippen LogP contribution in [0.2, 0.25) is 0 Å². The zero-order valence-corrected chi connectivity index (χ0v) is 12.1. The molecule has 0 amide bonds. The number of hydrogen-bond acceptors (Lipinski definition) is 3. The van der Waals surface area contributed by atoms with Crippen LogP contribution in [-0.2, 0) is 6.42 Å². The minimum atomic E-state index is 0.210. The molecule has 106 valence electrons. The minimum absolute atomic E-state index is 0.210. The summed E-state index contributed by atoms with van der Waals surface area (Å²) in [4.78, 5) is 4.49. The molecule has 0 atom stereocenters. The molecule has 1 N–H and O–H groups in total. The molecule has 0 saturated carbocycles. The number of rotatable bonds is 3. The average Bonchev–Trinajstić information content (AvgIpc) is 2.49. The van der Waals surface area contributed by atoms with E-state index in [2.05, 4.69) is 11.9 Å². The Balaban J connectivity index is 2.10. The van der Waals surface area contributed by atoms with Crippen molar-refractivity contribution in [3.63, 3.8) is 0 Å². The highest BCUT2D eigenvalue weighted by atomic mass is 16.5. The van der Waals surface area contributed by atoms with Gasteiger partial charge in [-0.2, -0.15) is 0 Å². The fourth-order valence-corrected chi connectivity index (χ4v) is 2.36. The smallest absolute Gasteiger partial charge is 0.137 e. The van der Waals surface area contributed by atoms with E-state index in [1.807, 2.05) is 49.4 Å². The van der Waals surface area contributed by atoms with Gasteiger partial charge in [-0.1, -0.05) is 25.1 Å². The van der Waals surface area contributed by atoms with Crippen molar-refractivity contribution in [3.8, 4) is 17.2 Å². The van der Waals surface area contributed by atoms with Crippen LogP contribution in [0.15, 0.2) is 48.5 Å². The minimum Gasteiger partial charge on any atom is -0.506 e. The summed E-state index contributed by atoms with van der Waals surface area (Å²) in [5.41, 5.74) is 2.68. The molecule has 3 rings (SSSR count). The lowest BCUT2D eigenvalue weighted by Crippen LogP contribution is -1.93. The molecule has 0 aliphatic heterocycles. The van der Waals surface area contributed by atoms with Gasteiger partial charge >= 0.3 is 0 Å². The van der Waals surface area contributed by atoms with Crippen molar-refractivity contribution < 1.29 is 9.84 Å². The highest BCUT2D eigenvalue weighted by Gasteiger charge is 2.09. The molecule has 0 spiro atoms. The van der Waals surface area contributed by atoms with Gasteiger partial charge < -0.3 is 9.84 Å². The number of para-hydroxylation sites is 1. The number of aromatic nitrogens is 1. The van der Waals surface area contributed by atoms with E-state index in [1.54, 1.807) is 6.07 Å². The molecule has 0 aliphatic carbocycles. The van der Waals surface area contributed by atoms with Crippen molar-refractivity contribution in [2.75, 3.05) is 0 Å². The molecule has 0 fully saturated rings. The van der Waals surface area contributed by atoms with Crippen molar-refractivity contribution >= 4 is 10.9 Å². The first-order valence-electron chi connectivity index (χ1n) is 7.03. The van der Waals surface area contributed by atoms with Crippen LogP contribution in [0.1, 0.15) is 18.2 Å². The van der Waals surface area contributed by atoms with Crippen LogP contribution >= 0.6 is 0 Å². The topological polar surface area (TPSA) is 42.4 Å². The number of benzene rings is 2. The fourth-order valence-electron chi connectivity index (χ4n) is 2.36. The van der Waals surface area contributed by atoms with Crippen LogP contribution < -0.4 is 4.74 Å². The van der Waals surface area contributed by atoms with Crippen molar-refractivity contribution in [2.45, 2.75) is 20.3 Å². The van der Waals surface area contributed by atoms with E-state index in [9.17, 15) is 5.11 Å². The predicted molar refractivity (Wildman–Crippen MR) is 84.0 cm³/mol. The van der Waals surface area contributed by atoms with Crippen LogP contribution in [0.25, 0.3) is 10.9 Å². The van der Waals surface area contributed by atoms with E-state index in [1.165, 1.54) is 0 Å². The molecular formula is C18H17NO2. The van der Waals surface area contributed by atoms with Gasteiger partial charge in [-0.25, -0.2) is 4.98 Å². The molecule has 3 aromatic rings. The Bertz CT molecular complexity index is 782. The van der Waals surface area contributed by atoms with Gasteiger partial charge in [0.2, 0.25) is 0 Å². The van der Waals surface area contributed by atoms with Crippen molar-refractivity contribution in [1.82, 2.24) is 4.98 Å². The number of aryl methyl sites for hydroxylation is 2. The molecule has 21 heavy (non-hydrogen) atoms. The van der Waals surface area contributed by atoms with E-state index >= 15 is 0 Å². The Hall–Kier alpha value is -2.55. The molecule has 0 unspecified atom stereocenters. The monoisotopic (exact) mass is 279 g/mol. The molecule has 1 aromatic heterocycles. The molecule has 0 aliphatic rings. The quantitative estimate of drug-likeness (QED) is 0.761. The third-order valence-corrected chi connectivity index (χ3v) is 3.49. The first-order valence-corrected chi connectivity index (χ1v) is 7.03. The highest BCUT2D eigenvalue weighted by Crippen LogP contribution is 2.31. The number of hydrogen-bond donors (Lipinski definition) is 1. The van der Waals surface area contributed by atoms with Gasteiger partial charge in [-0.3, -0.25) is 0 Å². The summed E-state index contributed by atoms with van der Waals surface area (Å²) in [6, 6.07) is 15.3. The van der Waals surface area contributed by atoms with Gasteiger partial charge in [0, 0.05) is 5.39 Å². The Morgan fingerprint density at radius 1 is 1.05 bits per heavy atom. The van der Waals surface area contributed by atoms with Gasteiger partial charge in [0.25, 0.3) is 0 Å². The van der Waals surface area contributed by atoms with Crippen LogP contribution in [0.3, 0.4) is 0 Å². The summed E-state index contributed by atoms with van der Waals surface area (Å²) >= 11 is 0. The van der Waals surface area contributed by atoms with E-state index in [0.29, 0.717) is 5.69 Å². The van der Waals surface area contributed by atoms with Crippen LogP contribution in [-0.4, -0.2) is 10.1 Å². The van der Waals surface area contributed by atoms with Gasteiger partial charge in [0.05, 0.1) is 11.2 Å². The Kier molecular flexibility index (Phi) is 3.48. The molecule has 3 nitrogen and oxygen atoms in total. The molecule has 2 aromatic carbocycles. The summed E-state index contributed by atoms with van der Waals surface area (Å²) in [5, 5.41) is 10.8. The summed E-state index contributed by atoms with van der Waals surface area (Å²) in [5.74, 6) is 1.76. The standard InChI is InChI=1S/C18H17NO2/c1-3-13-9-16(21-15-7-5-4-6-8-15)10-14-11-17(20)12(2)19-18(13)14/h4-11,20H,3H2,1-2H3. The Morgan fingerprint density at radius 2 is 1.81 bits per heavy atom. The molecule has 1 heterocycles. The zero-order valence-electron chi connectivity index (χ0n) is 12.1. The molecule has 0 radical (unpaired) electrons. The lowest BCUT2D eigenvalue weighted by molar-refractivity contribution is 0.468. The van der Waals surface area contributed by atoms with Gasteiger partial charge in [-0.05, 0) is 49.2 Å². The number of nitrogens with zero attached hydrogens (tertiary/aromatic N) is 1. The van der Waals surface area contributed by atoms with Gasteiger partial charge in [0.1, 0.15) is 17.2 Å². The molecule has 0 bridgehead atoms. The van der Waals surface area contributed by atoms with E-state index in [0.717, 1.165) is 34.4 Å². The second kappa shape index (κ2) is 5.44. The highest BCUT2D eigenvalue weighted by molar-refractivity contribution is 5.85. The largest absolute Gasteiger partial charge is 0.506 e. The van der Waals surface area contributed by atoms with Crippen LogP contribution in [0.5, 0.6) is 17.2 Å². The molecule has 3 heteroatoms. The van der Waals surface area contributed by atoms with Crippen molar-refractivity contribution in [1.29, 1.82) is 0 Å². The van der Waals surface area contributed by atoms with Crippen molar-refractivity contribution in [2.24, 2.45) is 0 Å². The van der Waals surface area contributed by atoms with Gasteiger partial charge in [0.15, 0.2) is 0 Å². The lowest BCUT2D eigenvalue weighted by atomic mass is 10.1. The number of aromatic hydroxyl groups is 1. The first-order chi connectivity index (χ1) is 10.2. The maximum Gasteiger partial charge on any atom is 0.137 e. The van der Waals surface area contributed by atoms with E-state index in [-0.39, 0.29) is 5.75 Å². The maximum absolute atomic E-state index is 9.86. The summed E-state index contributed by atoms with van der Waals surface area (Å²) in [6.07, 6.45) is 0.861. The van der Waals surface area contributed by atoms with Crippen LogP contribution in [0.4, 0.5) is 0 Å². The molecule has 0 saturated heterocycles. The third-order valence-electron chi connectivity index (χ3n) is 3.49. The van der Waals surface area contributed by atoms with Crippen molar-refractivity contribution in [3.05, 3.63) is 59.8 Å². The van der Waals surface area contributed by atoms with E-state index < -0.39 is 0 Å². The number of pyridine rings is 1. The maximum atomic E-state index is 9.86. The summed E-state index contributed by atoms with van der Waals surface area (Å²) in [6.45, 7) is 3.90. The van der Waals surface area contributed by atoms with Gasteiger partial charge in [-0.15, -0.1) is 0 Å². The Labute approximate surface area is 123 Å². The number of fused-ring (bicyclic) bond motifs is 1. The summed E-state index contributed by atoms with van der Waals surface area (Å²) in [7, 11) is 0. The van der Waals surface area contributed by atoms with Crippen LogP contribution in [0, 0.1) is 6.92 Å². The number of ether oxygens (including phenoxy) is 1. The lowest BCUT2D eigenvalue weighted by Gasteiger charge is -2.11. The SMILES string of the molecule is CCc1cc(Oc2ccccc2)cc2cc(O)c(C)nc12. The fraction of sp³-hybridized carbons (Fsp3) is 0.167. The average molecular weight is 279 g/mol. The predicted octanol–water partition coefficient (Wildman–Crippen LogP) is 4.60. The molecular weight excluding hydrogens is 262 g/mol. The normalized spacial score (nSPS) is 10.8. The van der Waals surface area contributed by atoms with E-state index in [4.69, 9.17) is 4.74 Å². The Morgan fingerprint density at radius 3 is 2.52 bits per heavy atom.